The van der Waals surface area contributed by atoms with Crippen molar-refractivity contribution in [1.29, 1.82) is 0 Å². The first-order valence-corrected chi connectivity index (χ1v) is 18.5. The van der Waals surface area contributed by atoms with Gasteiger partial charge in [0.05, 0.1) is 17.2 Å². The summed E-state index contributed by atoms with van der Waals surface area (Å²) in [5.41, 5.74) is 13.5. The van der Waals surface area contributed by atoms with E-state index in [1.165, 1.54) is 10.5 Å². The van der Waals surface area contributed by atoms with Crippen LogP contribution in [0.1, 0.15) is 72.4 Å². The SMILES string of the molecule is CC(C)C[C@@H](N)COc1ccc2c(c1)OCc1cnccc1-2.CC(C)C[C@H](COc1ccc2c(c1)OCc1cnccc1-2)N1C(=O)c2ccccc2C1=O. The first-order chi connectivity index (χ1) is 26.2. The molecule has 8 rings (SSSR count). The highest BCUT2D eigenvalue weighted by Crippen LogP contribution is 2.40. The van der Waals surface area contributed by atoms with E-state index in [2.05, 4.69) is 37.7 Å². The molecule has 2 aromatic heterocycles. The minimum atomic E-state index is -0.355. The van der Waals surface area contributed by atoms with Crippen LogP contribution >= 0.6 is 0 Å². The molecule has 0 saturated heterocycles. The molecule has 10 heteroatoms. The van der Waals surface area contributed by atoms with E-state index in [0.717, 1.165) is 51.5 Å². The lowest BCUT2D eigenvalue weighted by Crippen LogP contribution is -2.44. The molecule has 54 heavy (non-hydrogen) atoms. The van der Waals surface area contributed by atoms with Crippen molar-refractivity contribution in [1.82, 2.24) is 14.9 Å². The zero-order valence-electron chi connectivity index (χ0n) is 31.2. The summed E-state index contributed by atoms with van der Waals surface area (Å²) in [4.78, 5) is 35.6. The van der Waals surface area contributed by atoms with Crippen LogP contribution in [0.25, 0.3) is 22.3 Å². The fourth-order valence-electron chi connectivity index (χ4n) is 7.19. The summed E-state index contributed by atoms with van der Waals surface area (Å²) in [7, 11) is 0. The highest BCUT2D eigenvalue weighted by Gasteiger charge is 2.40. The highest BCUT2D eigenvalue weighted by molar-refractivity contribution is 6.21. The molecule has 0 saturated carbocycles. The van der Waals surface area contributed by atoms with Crippen LogP contribution in [0.15, 0.2) is 97.6 Å². The number of hydrogen-bond acceptors (Lipinski definition) is 9. The maximum absolute atomic E-state index is 13.0. The van der Waals surface area contributed by atoms with Gasteiger partial charge >= 0.3 is 0 Å². The molecule has 10 nitrogen and oxygen atoms in total. The maximum Gasteiger partial charge on any atom is 0.261 e. The van der Waals surface area contributed by atoms with E-state index in [1.807, 2.05) is 67.1 Å². The molecule has 2 atom stereocenters. The third-order valence-corrected chi connectivity index (χ3v) is 9.67. The van der Waals surface area contributed by atoms with Crippen molar-refractivity contribution in [3.05, 3.63) is 120 Å². The minimum absolute atomic E-state index is 0.0590. The Morgan fingerprint density at radius 3 is 1.65 bits per heavy atom. The largest absolute Gasteiger partial charge is 0.492 e. The molecule has 3 aromatic carbocycles. The van der Waals surface area contributed by atoms with Crippen LogP contribution in [0.3, 0.4) is 0 Å². The second kappa shape index (κ2) is 16.1. The number of pyridine rings is 2. The number of hydrogen-bond donors (Lipinski definition) is 1. The topological polar surface area (TPSA) is 126 Å². The molecule has 2 amide bonds. The number of amides is 2. The molecule has 0 bridgehead atoms. The molecule has 5 aromatic rings. The van der Waals surface area contributed by atoms with Crippen molar-refractivity contribution in [3.8, 4) is 45.3 Å². The predicted octanol–water partition coefficient (Wildman–Crippen LogP) is 8.12. The average molecular weight is 727 g/mol. The van der Waals surface area contributed by atoms with Gasteiger partial charge in [0.15, 0.2) is 0 Å². The van der Waals surface area contributed by atoms with Gasteiger partial charge < -0.3 is 24.7 Å². The molecular weight excluding hydrogens is 681 g/mol. The van der Waals surface area contributed by atoms with Crippen molar-refractivity contribution in [3.63, 3.8) is 0 Å². The zero-order valence-corrected chi connectivity index (χ0v) is 31.2. The standard InChI is InChI=1S/C26H24N2O4.C18H22N2O2/c1-16(2)11-18(28-25(29)22-5-3-4-6-23(22)26(28)30)15-31-19-7-8-21-20-9-10-27-13-17(20)14-32-24(21)12-19;1-12(2)7-14(19)11-21-15-3-4-17-16-5-6-20-9-13(16)10-22-18(17)8-15/h3-10,12-13,16,18H,11,14-15H2,1-2H3;3-6,8-9,12,14H,7,10-11,19H2,1-2H3/t18-;14-/m11/s1. The zero-order chi connectivity index (χ0) is 37.8. The van der Waals surface area contributed by atoms with Crippen molar-refractivity contribution >= 4 is 11.8 Å². The van der Waals surface area contributed by atoms with Crippen LogP contribution in [0.2, 0.25) is 0 Å². The molecule has 5 heterocycles. The molecule has 0 aliphatic carbocycles. The lowest BCUT2D eigenvalue weighted by atomic mass is 9.99. The number of fused-ring (bicyclic) bond motifs is 7. The van der Waals surface area contributed by atoms with Gasteiger partial charge in [-0.3, -0.25) is 24.5 Å². The molecule has 2 N–H and O–H groups in total. The Bertz CT molecular complexity index is 2110. The summed E-state index contributed by atoms with van der Waals surface area (Å²) in [5.74, 6) is 3.43. The summed E-state index contributed by atoms with van der Waals surface area (Å²) in [6.45, 7) is 10.2. The van der Waals surface area contributed by atoms with Gasteiger partial charge in [0, 0.05) is 65.2 Å². The number of rotatable bonds is 11. The highest BCUT2D eigenvalue weighted by atomic mass is 16.5. The summed E-state index contributed by atoms with van der Waals surface area (Å²) >= 11 is 0. The summed E-state index contributed by atoms with van der Waals surface area (Å²) in [5, 5.41) is 0. The molecule has 0 spiro atoms. The summed E-state index contributed by atoms with van der Waals surface area (Å²) < 4.78 is 23.6. The monoisotopic (exact) mass is 726 g/mol. The molecule has 0 unspecified atom stereocenters. The third-order valence-electron chi connectivity index (χ3n) is 9.67. The second-order valence-electron chi connectivity index (χ2n) is 14.8. The van der Waals surface area contributed by atoms with E-state index in [0.29, 0.717) is 55.0 Å². The van der Waals surface area contributed by atoms with Crippen molar-refractivity contribution in [2.75, 3.05) is 13.2 Å². The first kappa shape index (κ1) is 36.6. The Morgan fingerprint density at radius 1 is 0.648 bits per heavy atom. The van der Waals surface area contributed by atoms with Crippen molar-refractivity contribution in [2.45, 2.75) is 65.8 Å². The van der Waals surface area contributed by atoms with E-state index in [-0.39, 0.29) is 30.5 Å². The molecule has 0 fully saturated rings. The molecule has 3 aliphatic heterocycles. The Morgan fingerprint density at radius 2 is 1.15 bits per heavy atom. The van der Waals surface area contributed by atoms with Crippen molar-refractivity contribution in [2.24, 2.45) is 17.6 Å². The Hall–Kier alpha value is -5.74. The predicted molar refractivity (Wildman–Crippen MR) is 207 cm³/mol. The summed E-state index contributed by atoms with van der Waals surface area (Å²) in [6, 6.07) is 22.4. The summed E-state index contributed by atoms with van der Waals surface area (Å²) in [6.07, 6.45) is 8.88. The lowest BCUT2D eigenvalue weighted by molar-refractivity contribution is 0.0507. The van der Waals surface area contributed by atoms with E-state index in [9.17, 15) is 9.59 Å². The fourth-order valence-corrected chi connectivity index (χ4v) is 7.19. The number of aromatic nitrogens is 2. The number of imide groups is 1. The molecule has 3 aliphatic rings. The second-order valence-corrected chi connectivity index (χ2v) is 14.8. The van der Waals surface area contributed by atoms with Gasteiger partial charge in [-0.15, -0.1) is 0 Å². The number of carbonyl (C=O) groups excluding carboxylic acids is 2. The van der Waals surface area contributed by atoms with Gasteiger partial charge in [0.2, 0.25) is 0 Å². The van der Waals surface area contributed by atoms with Crippen LogP contribution in [0, 0.1) is 11.8 Å². The number of ether oxygens (including phenoxy) is 4. The van der Waals surface area contributed by atoms with Crippen LogP contribution in [-0.2, 0) is 13.2 Å². The van der Waals surface area contributed by atoms with Crippen molar-refractivity contribution < 1.29 is 28.5 Å². The number of benzene rings is 3. The molecular formula is C44H46N4O6. The smallest absolute Gasteiger partial charge is 0.261 e. The lowest BCUT2D eigenvalue weighted by Gasteiger charge is -2.28. The van der Waals surface area contributed by atoms with Crippen LogP contribution in [0.5, 0.6) is 23.0 Å². The minimum Gasteiger partial charge on any atom is -0.492 e. The van der Waals surface area contributed by atoms with Gasteiger partial charge in [0.1, 0.15) is 49.4 Å². The number of nitrogens with two attached hydrogens (primary N) is 1. The van der Waals surface area contributed by atoms with Gasteiger partial charge in [-0.2, -0.15) is 0 Å². The van der Waals surface area contributed by atoms with E-state index < -0.39 is 0 Å². The fraction of sp³-hybridized carbons (Fsp3) is 0.318. The number of nitrogens with zero attached hydrogens (tertiary/aromatic N) is 3. The molecule has 0 radical (unpaired) electrons. The quantitative estimate of drug-likeness (QED) is 0.134. The number of carbonyl (C=O) groups is 2. The third kappa shape index (κ3) is 7.94. The van der Waals surface area contributed by atoms with Gasteiger partial charge in [-0.1, -0.05) is 39.8 Å². The normalized spacial score (nSPS) is 14.7. The van der Waals surface area contributed by atoms with Crippen LogP contribution in [-0.4, -0.2) is 52.0 Å². The van der Waals surface area contributed by atoms with Gasteiger partial charge in [-0.25, -0.2) is 0 Å². The maximum atomic E-state index is 13.0. The molecule has 278 valence electrons. The Labute approximate surface area is 316 Å². The Balaban J connectivity index is 0.000000179. The van der Waals surface area contributed by atoms with Gasteiger partial charge in [-0.05, 0) is 84.3 Å². The van der Waals surface area contributed by atoms with Crippen LogP contribution in [0.4, 0.5) is 0 Å². The van der Waals surface area contributed by atoms with Crippen LogP contribution < -0.4 is 24.7 Å². The first-order valence-electron chi connectivity index (χ1n) is 18.5. The Kier molecular flexibility index (Phi) is 10.9. The van der Waals surface area contributed by atoms with Gasteiger partial charge in [0.25, 0.3) is 11.8 Å². The van der Waals surface area contributed by atoms with E-state index >= 15 is 0 Å². The van der Waals surface area contributed by atoms with E-state index in [4.69, 9.17) is 24.7 Å². The average Bonchev–Trinajstić information content (AvgIpc) is 3.43. The van der Waals surface area contributed by atoms with E-state index in [1.54, 1.807) is 30.5 Å².